The lowest BCUT2D eigenvalue weighted by Gasteiger charge is -2.21. The molecule has 1 aromatic carbocycles. The third-order valence-electron chi connectivity index (χ3n) is 3.53. The molecule has 4 nitrogen and oxygen atoms in total. The highest BCUT2D eigenvalue weighted by Gasteiger charge is 2.20. The first-order valence-electron chi connectivity index (χ1n) is 7.36. The first-order chi connectivity index (χ1) is 10.7. The minimum absolute atomic E-state index is 0.0111. The monoisotopic (exact) mass is 313 g/mol. The summed E-state index contributed by atoms with van der Waals surface area (Å²) in [5.41, 5.74) is 1.31. The highest BCUT2D eigenvalue weighted by atomic mass is 32.1. The number of nitrogens with one attached hydrogen (secondary N) is 1. The number of nitrogens with zero attached hydrogens (tertiary/aromatic N) is 2. The van der Waals surface area contributed by atoms with E-state index in [9.17, 15) is 0 Å². The van der Waals surface area contributed by atoms with Crippen molar-refractivity contribution in [1.29, 1.82) is 0 Å². The number of aromatic nitrogens is 2. The molecule has 0 amide bonds. The van der Waals surface area contributed by atoms with E-state index in [2.05, 4.69) is 64.2 Å². The van der Waals surface area contributed by atoms with Gasteiger partial charge in [-0.25, -0.2) is 0 Å². The summed E-state index contributed by atoms with van der Waals surface area (Å²) in [4.78, 5) is 1.31. The van der Waals surface area contributed by atoms with Gasteiger partial charge >= 0.3 is 0 Å². The van der Waals surface area contributed by atoms with E-state index in [-0.39, 0.29) is 12.1 Å². The van der Waals surface area contributed by atoms with Crippen molar-refractivity contribution in [3.05, 3.63) is 70.1 Å². The fourth-order valence-electron chi connectivity index (χ4n) is 2.44. The minimum atomic E-state index is 0.0111. The van der Waals surface area contributed by atoms with Crippen LogP contribution in [-0.4, -0.2) is 10.2 Å². The Kier molecular flexibility index (Phi) is 4.65. The van der Waals surface area contributed by atoms with Crippen molar-refractivity contribution in [3.8, 4) is 0 Å². The van der Waals surface area contributed by atoms with Crippen LogP contribution in [0.1, 0.15) is 41.2 Å². The van der Waals surface area contributed by atoms with Crippen LogP contribution in [0.3, 0.4) is 0 Å². The second-order valence-corrected chi connectivity index (χ2v) is 6.28. The van der Waals surface area contributed by atoms with E-state index in [4.69, 9.17) is 4.42 Å². The van der Waals surface area contributed by atoms with Gasteiger partial charge in [-0.15, -0.1) is 21.5 Å². The summed E-state index contributed by atoms with van der Waals surface area (Å²) in [6, 6.07) is 15.0. The van der Waals surface area contributed by atoms with Gasteiger partial charge in [0.25, 0.3) is 0 Å². The van der Waals surface area contributed by atoms with Crippen molar-refractivity contribution < 1.29 is 4.42 Å². The van der Waals surface area contributed by atoms with Gasteiger partial charge in [-0.05, 0) is 30.4 Å². The lowest BCUT2D eigenvalue weighted by Crippen LogP contribution is -2.26. The van der Waals surface area contributed by atoms with Gasteiger partial charge in [-0.1, -0.05) is 36.4 Å². The quantitative estimate of drug-likeness (QED) is 0.745. The van der Waals surface area contributed by atoms with Crippen molar-refractivity contribution in [2.45, 2.75) is 32.4 Å². The first kappa shape index (κ1) is 14.9. The Hall–Kier alpha value is -1.98. The maximum atomic E-state index is 5.53. The van der Waals surface area contributed by atoms with E-state index in [0.717, 1.165) is 6.42 Å². The van der Waals surface area contributed by atoms with E-state index in [1.165, 1.54) is 10.4 Å². The van der Waals surface area contributed by atoms with E-state index < -0.39 is 0 Å². The minimum Gasteiger partial charge on any atom is -0.424 e. The van der Waals surface area contributed by atoms with Crippen molar-refractivity contribution in [2.75, 3.05) is 0 Å². The Balaban J connectivity index is 1.77. The van der Waals surface area contributed by atoms with Crippen LogP contribution < -0.4 is 5.32 Å². The molecule has 0 aliphatic heterocycles. The molecule has 0 fully saturated rings. The smallest absolute Gasteiger partial charge is 0.233 e. The Bertz CT molecular complexity index is 694. The second kappa shape index (κ2) is 6.85. The number of hydrogen-bond acceptors (Lipinski definition) is 5. The van der Waals surface area contributed by atoms with Crippen LogP contribution in [0.15, 0.2) is 52.3 Å². The summed E-state index contributed by atoms with van der Waals surface area (Å²) in [5.74, 6) is 1.23. The van der Waals surface area contributed by atoms with Gasteiger partial charge in [0, 0.05) is 17.8 Å². The highest BCUT2D eigenvalue weighted by molar-refractivity contribution is 7.10. The van der Waals surface area contributed by atoms with Crippen LogP contribution in [0.5, 0.6) is 0 Å². The molecular formula is C17H19N3OS. The zero-order valence-corrected chi connectivity index (χ0v) is 13.5. The lowest BCUT2D eigenvalue weighted by molar-refractivity contribution is 0.372. The number of benzene rings is 1. The molecule has 2 heterocycles. The number of hydrogen-bond donors (Lipinski definition) is 1. The van der Waals surface area contributed by atoms with Gasteiger partial charge in [-0.2, -0.15) is 0 Å². The molecule has 2 aromatic heterocycles. The van der Waals surface area contributed by atoms with Gasteiger partial charge in [0.1, 0.15) is 0 Å². The van der Waals surface area contributed by atoms with Crippen LogP contribution >= 0.6 is 11.3 Å². The average molecular weight is 313 g/mol. The van der Waals surface area contributed by atoms with E-state index in [1.807, 2.05) is 13.0 Å². The van der Waals surface area contributed by atoms with E-state index >= 15 is 0 Å². The standard InChI is InChI=1S/C17H19N3OS/c1-12(17-20-19-13(2)21-17)18-15(16-9-6-10-22-16)11-14-7-4-3-5-8-14/h3-10,12,15,18H,11H2,1-2H3/t12-,15+/m1/s1. The zero-order chi connectivity index (χ0) is 15.4. The van der Waals surface area contributed by atoms with Gasteiger partial charge in [0.2, 0.25) is 11.8 Å². The maximum absolute atomic E-state index is 5.53. The molecule has 0 saturated heterocycles. The van der Waals surface area contributed by atoms with Crippen LogP contribution in [0.4, 0.5) is 0 Å². The molecule has 0 aliphatic rings. The normalized spacial score (nSPS) is 13.9. The molecule has 3 aromatic rings. The summed E-state index contributed by atoms with van der Waals surface area (Å²) >= 11 is 1.76. The molecule has 2 atom stereocenters. The number of thiophene rings is 1. The Morgan fingerprint density at radius 2 is 1.95 bits per heavy atom. The molecule has 0 unspecified atom stereocenters. The van der Waals surface area contributed by atoms with Gasteiger partial charge in [-0.3, -0.25) is 5.32 Å². The van der Waals surface area contributed by atoms with E-state index in [1.54, 1.807) is 11.3 Å². The molecule has 114 valence electrons. The fourth-order valence-corrected chi connectivity index (χ4v) is 3.23. The summed E-state index contributed by atoms with van der Waals surface area (Å²) in [5, 5.41) is 13.7. The Morgan fingerprint density at radius 1 is 1.14 bits per heavy atom. The summed E-state index contributed by atoms with van der Waals surface area (Å²) < 4.78 is 5.53. The largest absolute Gasteiger partial charge is 0.424 e. The molecule has 22 heavy (non-hydrogen) atoms. The lowest BCUT2D eigenvalue weighted by atomic mass is 10.0. The summed E-state index contributed by atoms with van der Waals surface area (Å²) in [7, 11) is 0. The van der Waals surface area contributed by atoms with Crippen molar-refractivity contribution in [3.63, 3.8) is 0 Å². The highest BCUT2D eigenvalue weighted by Crippen LogP contribution is 2.26. The van der Waals surface area contributed by atoms with Crippen molar-refractivity contribution in [1.82, 2.24) is 15.5 Å². The van der Waals surface area contributed by atoms with Gasteiger partial charge in [0.15, 0.2) is 0 Å². The second-order valence-electron chi connectivity index (χ2n) is 5.31. The van der Waals surface area contributed by atoms with Crippen molar-refractivity contribution >= 4 is 11.3 Å². The summed E-state index contributed by atoms with van der Waals surface area (Å²) in [6.07, 6.45) is 0.929. The zero-order valence-electron chi connectivity index (χ0n) is 12.7. The Morgan fingerprint density at radius 3 is 2.59 bits per heavy atom. The average Bonchev–Trinajstić information content (AvgIpc) is 3.19. The molecule has 0 saturated carbocycles. The van der Waals surface area contributed by atoms with Crippen LogP contribution in [-0.2, 0) is 6.42 Å². The maximum Gasteiger partial charge on any atom is 0.233 e. The molecule has 0 radical (unpaired) electrons. The predicted octanol–water partition coefficient (Wildman–Crippen LogP) is 4.07. The van der Waals surface area contributed by atoms with Crippen LogP contribution in [0, 0.1) is 6.92 Å². The summed E-state index contributed by atoms with van der Waals surface area (Å²) in [6.45, 7) is 3.86. The first-order valence-corrected chi connectivity index (χ1v) is 8.23. The fraction of sp³-hybridized carbons (Fsp3) is 0.294. The van der Waals surface area contributed by atoms with Crippen LogP contribution in [0.25, 0.3) is 0 Å². The molecule has 1 N–H and O–H groups in total. The van der Waals surface area contributed by atoms with Gasteiger partial charge in [0.05, 0.1) is 6.04 Å². The molecule has 5 heteroatoms. The van der Waals surface area contributed by atoms with Crippen LogP contribution in [0.2, 0.25) is 0 Å². The van der Waals surface area contributed by atoms with E-state index in [0.29, 0.717) is 11.8 Å². The molecular weight excluding hydrogens is 294 g/mol. The van der Waals surface area contributed by atoms with Gasteiger partial charge < -0.3 is 4.42 Å². The topological polar surface area (TPSA) is 51.0 Å². The third kappa shape index (κ3) is 3.61. The number of rotatable bonds is 6. The Labute approximate surface area is 134 Å². The predicted molar refractivity (Wildman–Crippen MR) is 87.8 cm³/mol. The number of aryl methyl sites for hydroxylation is 1. The molecule has 3 rings (SSSR count). The third-order valence-corrected chi connectivity index (χ3v) is 4.52. The van der Waals surface area contributed by atoms with Crippen molar-refractivity contribution in [2.24, 2.45) is 0 Å². The molecule has 0 spiro atoms. The molecule has 0 aliphatic carbocycles. The SMILES string of the molecule is Cc1nnc([C@@H](C)N[C@@H](Cc2ccccc2)c2cccs2)o1. The molecule has 0 bridgehead atoms.